The average Bonchev–Trinajstić information content (AvgIpc) is 2.57. The summed E-state index contributed by atoms with van der Waals surface area (Å²) < 4.78 is 10.7. The average molecular weight is 351 g/mol. The van der Waals surface area contributed by atoms with Crippen LogP contribution in [0.25, 0.3) is 0 Å². The summed E-state index contributed by atoms with van der Waals surface area (Å²) in [5.74, 6) is 0.456. The van der Waals surface area contributed by atoms with Crippen molar-refractivity contribution in [2.75, 3.05) is 11.9 Å². The molecule has 1 aliphatic rings. The van der Waals surface area contributed by atoms with Crippen LogP contribution in [0.3, 0.4) is 0 Å². The Hall–Kier alpha value is -2.04. The summed E-state index contributed by atoms with van der Waals surface area (Å²) in [7, 11) is 0. The number of amides is 1. The lowest BCUT2D eigenvalue weighted by Gasteiger charge is -2.26. The van der Waals surface area contributed by atoms with Crippen LogP contribution in [-0.4, -0.2) is 24.6 Å². The van der Waals surface area contributed by atoms with Crippen molar-refractivity contribution in [2.24, 2.45) is 0 Å². The molecule has 5 heteroatoms. The number of nitrogens with one attached hydrogen (secondary N) is 1. The fraction of sp³-hybridized carbons (Fsp3) is 0.600. The van der Waals surface area contributed by atoms with Crippen LogP contribution in [0.15, 0.2) is 18.2 Å². The van der Waals surface area contributed by atoms with E-state index < -0.39 is 0 Å². The van der Waals surface area contributed by atoms with Gasteiger partial charge in [-0.15, -0.1) is 0 Å². The topological polar surface area (TPSA) is 64.6 Å². The molecular formula is C20H33NO4. The smallest absolute Gasteiger partial charge is 0.309 e. The first-order valence-electron chi connectivity index (χ1n) is 9.22. The van der Waals surface area contributed by atoms with E-state index in [1.807, 2.05) is 26.0 Å². The highest BCUT2D eigenvalue weighted by molar-refractivity contribution is 5.88. The van der Waals surface area contributed by atoms with Crippen molar-refractivity contribution < 1.29 is 19.1 Å². The molecule has 0 aromatic heterocycles. The minimum atomic E-state index is -0.226. The largest absolute Gasteiger partial charge is 0.490 e. The molecule has 0 radical (unpaired) electrons. The van der Waals surface area contributed by atoms with Gasteiger partial charge in [0, 0.05) is 12.6 Å². The quantitative estimate of drug-likeness (QED) is 0.796. The van der Waals surface area contributed by atoms with Gasteiger partial charge >= 0.3 is 5.97 Å². The fourth-order valence-corrected chi connectivity index (χ4v) is 2.28. The van der Waals surface area contributed by atoms with Crippen LogP contribution in [0.4, 0.5) is 5.69 Å². The molecule has 1 aliphatic heterocycles. The molecule has 2 rings (SSSR count). The van der Waals surface area contributed by atoms with E-state index in [2.05, 4.69) is 19.2 Å². The Bertz CT molecular complexity index is 528. The standard InChI is InChI=1S/C15H19NO4.C3H8.C2H6/c1-3-19-15(18)9-13-6-4-11-8-12(16-10(2)17)5-7-14(11)20-13;1-3-2;1-2/h5,7-8,13H,3-4,6,9H2,1-2H3,(H,16,17);3H2,1-2H3;1-2H3. The first-order valence-corrected chi connectivity index (χ1v) is 9.22. The summed E-state index contributed by atoms with van der Waals surface area (Å²) in [6.45, 7) is 11.9. The number of hydrogen-bond donors (Lipinski definition) is 1. The van der Waals surface area contributed by atoms with Gasteiger partial charge in [-0.1, -0.05) is 34.1 Å². The predicted molar refractivity (Wildman–Crippen MR) is 102 cm³/mol. The minimum absolute atomic E-state index is 0.0955. The van der Waals surface area contributed by atoms with Crippen molar-refractivity contribution in [3.8, 4) is 5.75 Å². The van der Waals surface area contributed by atoms with Crippen LogP contribution in [0.1, 0.15) is 66.4 Å². The maximum Gasteiger partial charge on any atom is 0.309 e. The minimum Gasteiger partial charge on any atom is -0.490 e. The Kier molecular flexibility index (Phi) is 12.2. The van der Waals surface area contributed by atoms with Gasteiger partial charge in [0.05, 0.1) is 13.0 Å². The first kappa shape index (κ1) is 23.0. The summed E-state index contributed by atoms with van der Waals surface area (Å²) in [6, 6.07) is 5.54. The molecule has 25 heavy (non-hydrogen) atoms. The Labute approximate surface area is 152 Å². The van der Waals surface area contributed by atoms with E-state index in [-0.39, 0.29) is 24.4 Å². The number of esters is 1. The van der Waals surface area contributed by atoms with Crippen molar-refractivity contribution in [3.63, 3.8) is 0 Å². The number of ether oxygens (including phenoxy) is 2. The zero-order valence-electron chi connectivity index (χ0n) is 16.5. The molecule has 1 aromatic rings. The van der Waals surface area contributed by atoms with Gasteiger partial charge in [0.25, 0.3) is 0 Å². The van der Waals surface area contributed by atoms with Gasteiger partial charge in [-0.25, -0.2) is 0 Å². The van der Waals surface area contributed by atoms with E-state index in [0.717, 1.165) is 29.8 Å². The fourth-order valence-electron chi connectivity index (χ4n) is 2.28. The summed E-state index contributed by atoms with van der Waals surface area (Å²) in [6.07, 6.45) is 3.00. The maximum absolute atomic E-state index is 11.4. The lowest BCUT2D eigenvalue weighted by Crippen LogP contribution is -2.26. The van der Waals surface area contributed by atoms with E-state index in [4.69, 9.17) is 9.47 Å². The van der Waals surface area contributed by atoms with E-state index in [0.29, 0.717) is 6.61 Å². The van der Waals surface area contributed by atoms with Gasteiger partial charge in [0.15, 0.2) is 0 Å². The highest BCUT2D eigenvalue weighted by Crippen LogP contribution is 2.31. The highest BCUT2D eigenvalue weighted by atomic mass is 16.5. The Morgan fingerprint density at radius 3 is 2.44 bits per heavy atom. The molecule has 0 saturated heterocycles. The number of hydrogen-bond acceptors (Lipinski definition) is 4. The molecule has 0 bridgehead atoms. The first-order chi connectivity index (χ1) is 12.0. The zero-order chi connectivity index (χ0) is 19.2. The molecule has 1 aromatic carbocycles. The molecule has 1 atom stereocenters. The third-order valence-corrected chi connectivity index (χ3v) is 3.11. The SMILES string of the molecule is CC.CCC.CCOC(=O)CC1CCc2cc(NC(C)=O)ccc2O1. The number of benzene rings is 1. The molecule has 1 amide bonds. The molecule has 0 aliphatic carbocycles. The summed E-state index contributed by atoms with van der Waals surface area (Å²) in [5, 5.41) is 2.75. The monoisotopic (exact) mass is 351 g/mol. The normalized spacial score (nSPS) is 14.4. The van der Waals surface area contributed by atoms with Crippen molar-refractivity contribution in [1.82, 2.24) is 0 Å². The number of aryl methyl sites for hydroxylation is 1. The third-order valence-electron chi connectivity index (χ3n) is 3.11. The molecule has 1 heterocycles. The van der Waals surface area contributed by atoms with Crippen molar-refractivity contribution >= 4 is 17.6 Å². The number of carbonyl (C=O) groups excluding carboxylic acids is 2. The van der Waals surface area contributed by atoms with Crippen LogP contribution in [-0.2, 0) is 20.7 Å². The molecule has 1 N–H and O–H groups in total. The number of carbonyl (C=O) groups is 2. The molecule has 0 saturated carbocycles. The van der Waals surface area contributed by atoms with Crippen molar-refractivity contribution in [1.29, 1.82) is 0 Å². The van der Waals surface area contributed by atoms with Gasteiger partial charge in [0.1, 0.15) is 11.9 Å². The number of rotatable bonds is 4. The molecule has 0 spiro atoms. The second-order valence-electron chi connectivity index (χ2n) is 5.50. The van der Waals surface area contributed by atoms with E-state index in [1.165, 1.54) is 13.3 Å². The molecule has 142 valence electrons. The van der Waals surface area contributed by atoms with Crippen LogP contribution >= 0.6 is 0 Å². The van der Waals surface area contributed by atoms with Gasteiger partial charge in [-0.3, -0.25) is 9.59 Å². The summed E-state index contributed by atoms with van der Waals surface area (Å²) in [5.41, 5.74) is 1.82. The van der Waals surface area contributed by atoms with Gasteiger partial charge in [-0.05, 0) is 43.5 Å². The van der Waals surface area contributed by atoms with Gasteiger partial charge in [0.2, 0.25) is 5.91 Å². The Morgan fingerprint density at radius 2 is 1.88 bits per heavy atom. The maximum atomic E-state index is 11.4. The van der Waals surface area contributed by atoms with Crippen LogP contribution < -0.4 is 10.1 Å². The third kappa shape index (κ3) is 9.13. The van der Waals surface area contributed by atoms with Crippen LogP contribution in [0, 0.1) is 0 Å². The molecule has 0 fully saturated rings. The van der Waals surface area contributed by atoms with E-state index >= 15 is 0 Å². The number of fused-ring (bicyclic) bond motifs is 1. The second kappa shape index (κ2) is 13.3. The molecular weight excluding hydrogens is 318 g/mol. The van der Waals surface area contributed by atoms with E-state index in [9.17, 15) is 9.59 Å². The predicted octanol–water partition coefficient (Wildman–Crippen LogP) is 4.73. The van der Waals surface area contributed by atoms with Crippen molar-refractivity contribution in [2.45, 2.75) is 73.3 Å². The van der Waals surface area contributed by atoms with Gasteiger partial charge in [-0.2, -0.15) is 0 Å². The lowest BCUT2D eigenvalue weighted by molar-refractivity contribution is -0.145. The van der Waals surface area contributed by atoms with Crippen molar-refractivity contribution in [3.05, 3.63) is 23.8 Å². The van der Waals surface area contributed by atoms with Gasteiger partial charge < -0.3 is 14.8 Å². The highest BCUT2D eigenvalue weighted by Gasteiger charge is 2.23. The van der Waals surface area contributed by atoms with Crippen LogP contribution in [0.5, 0.6) is 5.75 Å². The molecule has 5 nitrogen and oxygen atoms in total. The summed E-state index contributed by atoms with van der Waals surface area (Å²) in [4.78, 5) is 22.5. The van der Waals surface area contributed by atoms with E-state index in [1.54, 1.807) is 13.0 Å². The lowest BCUT2D eigenvalue weighted by atomic mass is 10.00. The summed E-state index contributed by atoms with van der Waals surface area (Å²) >= 11 is 0. The zero-order valence-corrected chi connectivity index (χ0v) is 16.5. The molecule has 1 unspecified atom stereocenters. The van der Waals surface area contributed by atoms with Crippen LogP contribution in [0.2, 0.25) is 0 Å². The number of anilines is 1. The Balaban J connectivity index is 0.00000104. The second-order valence-corrected chi connectivity index (χ2v) is 5.50. The Morgan fingerprint density at radius 1 is 1.24 bits per heavy atom.